The Morgan fingerprint density at radius 2 is 1.53 bits per heavy atom. The molecule has 0 aliphatic rings. The zero-order valence-corrected chi connectivity index (χ0v) is 24.9. The molecule has 0 saturated carbocycles. The van der Waals surface area contributed by atoms with Gasteiger partial charge in [-0.25, -0.2) is 4.39 Å². The van der Waals surface area contributed by atoms with Gasteiger partial charge in [-0.1, -0.05) is 36.4 Å². The third-order valence-corrected chi connectivity index (χ3v) is 7.20. The van der Waals surface area contributed by atoms with Crippen molar-refractivity contribution >= 4 is 29.8 Å². The van der Waals surface area contributed by atoms with Crippen LogP contribution in [0.4, 0.5) is 10.1 Å². The minimum absolute atomic E-state index is 0.160. The largest absolute Gasteiger partial charge is 0.496 e. The Morgan fingerprint density at radius 3 is 2.19 bits per heavy atom. The van der Waals surface area contributed by atoms with Crippen molar-refractivity contribution in [1.82, 2.24) is 4.98 Å². The second kappa shape index (κ2) is 13.9. The second-order valence-electron chi connectivity index (χ2n) is 9.63. The molecule has 4 aromatic rings. The third kappa shape index (κ3) is 6.63. The molecule has 1 N–H and O–H groups in total. The molecule has 8 nitrogen and oxygen atoms in total. The molecule has 0 saturated heterocycles. The number of amides is 1. The molecule has 1 heterocycles. The van der Waals surface area contributed by atoms with E-state index in [0.717, 1.165) is 22.3 Å². The Balaban J connectivity index is 1.64. The summed E-state index contributed by atoms with van der Waals surface area (Å²) in [6.45, 7) is 3.83. The van der Waals surface area contributed by atoms with E-state index < -0.39 is 18.0 Å². The fraction of sp³-hybridized carbons (Fsp3) is 0.206. The number of anilines is 1. The Kier molecular flexibility index (Phi) is 10.0. The van der Waals surface area contributed by atoms with Crippen LogP contribution in [0.3, 0.4) is 0 Å². The maximum absolute atomic E-state index is 15.3. The molecule has 0 atom stereocenters. The number of hydrogen-bond acceptors (Lipinski definition) is 7. The van der Waals surface area contributed by atoms with Crippen molar-refractivity contribution in [3.05, 3.63) is 106 Å². The van der Waals surface area contributed by atoms with Crippen LogP contribution in [0.15, 0.2) is 66.9 Å². The van der Waals surface area contributed by atoms with Crippen LogP contribution in [0.5, 0.6) is 11.5 Å². The van der Waals surface area contributed by atoms with Crippen LogP contribution < -0.4 is 14.8 Å². The monoisotopic (exact) mass is 584 g/mol. The number of nitrogens with one attached hydrogen (secondary N) is 1. The SMILES string of the molecule is COc1cc(/C(F)=C/c2cccc(-c3cccc(NC(=O)c4cc(OC)c(C(OC)OC)cn4)c3C)c2C)ccc1C=O. The van der Waals surface area contributed by atoms with Crippen LogP contribution in [0.25, 0.3) is 23.0 Å². The van der Waals surface area contributed by atoms with Crippen LogP contribution in [0.1, 0.15) is 55.0 Å². The number of aromatic nitrogens is 1. The van der Waals surface area contributed by atoms with Crippen molar-refractivity contribution in [2.75, 3.05) is 33.8 Å². The lowest BCUT2D eigenvalue weighted by Gasteiger charge is -2.18. The number of pyridine rings is 1. The number of benzene rings is 3. The molecule has 222 valence electrons. The quantitative estimate of drug-likeness (QED) is 0.113. The number of halogens is 1. The van der Waals surface area contributed by atoms with E-state index in [-0.39, 0.29) is 5.69 Å². The summed E-state index contributed by atoms with van der Waals surface area (Å²) in [5, 5.41) is 2.94. The van der Waals surface area contributed by atoms with E-state index in [1.54, 1.807) is 6.07 Å². The van der Waals surface area contributed by atoms with Gasteiger partial charge in [-0.05, 0) is 65.9 Å². The number of ether oxygens (including phenoxy) is 4. The topological polar surface area (TPSA) is 96.0 Å². The molecule has 0 fully saturated rings. The van der Waals surface area contributed by atoms with E-state index in [1.165, 1.54) is 58.9 Å². The predicted molar refractivity (Wildman–Crippen MR) is 164 cm³/mol. The molecule has 0 aliphatic carbocycles. The number of aldehydes is 1. The van der Waals surface area contributed by atoms with Crippen LogP contribution in [-0.2, 0) is 9.47 Å². The van der Waals surface area contributed by atoms with Crippen molar-refractivity contribution in [1.29, 1.82) is 0 Å². The van der Waals surface area contributed by atoms with Gasteiger partial charge < -0.3 is 24.3 Å². The minimum Gasteiger partial charge on any atom is -0.496 e. The molecule has 1 aromatic heterocycles. The van der Waals surface area contributed by atoms with Crippen LogP contribution in [0, 0.1) is 13.8 Å². The molecule has 4 rings (SSSR count). The van der Waals surface area contributed by atoms with Gasteiger partial charge in [0.25, 0.3) is 5.91 Å². The van der Waals surface area contributed by atoms with E-state index in [1.807, 2.05) is 50.2 Å². The molecule has 0 aliphatic heterocycles. The molecule has 43 heavy (non-hydrogen) atoms. The summed E-state index contributed by atoms with van der Waals surface area (Å²) in [7, 11) is 5.93. The fourth-order valence-electron chi connectivity index (χ4n) is 4.80. The number of nitrogens with zero attached hydrogens (tertiary/aromatic N) is 1. The summed E-state index contributed by atoms with van der Waals surface area (Å²) in [6, 6.07) is 17.3. The van der Waals surface area contributed by atoms with Crippen LogP contribution >= 0.6 is 0 Å². The number of rotatable bonds is 11. The van der Waals surface area contributed by atoms with Gasteiger partial charge in [-0.3, -0.25) is 14.6 Å². The zero-order chi connectivity index (χ0) is 31.1. The van der Waals surface area contributed by atoms with Crippen molar-refractivity contribution in [3.8, 4) is 22.6 Å². The molecule has 0 radical (unpaired) electrons. The maximum Gasteiger partial charge on any atom is 0.274 e. The van der Waals surface area contributed by atoms with E-state index in [4.69, 9.17) is 18.9 Å². The standard InChI is InChI=1S/C34H33FN2O6/c1-20-22(15-28(35)23-13-14-24(19-38)31(16-23)40-3)9-7-10-25(20)26-11-8-12-29(21(26)2)37-33(39)30-17-32(41-4)27(18-36-30)34(42-5)43-6/h7-19,34H,1-6H3,(H,37,39)/b28-15-. The highest BCUT2D eigenvalue weighted by Crippen LogP contribution is 2.34. The zero-order valence-electron chi connectivity index (χ0n) is 24.9. The van der Waals surface area contributed by atoms with Gasteiger partial charge >= 0.3 is 0 Å². The number of carbonyl (C=O) groups is 2. The number of hydrogen-bond donors (Lipinski definition) is 1. The van der Waals surface area contributed by atoms with Crippen LogP contribution in [0.2, 0.25) is 0 Å². The van der Waals surface area contributed by atoms with E-state index >= 15 is 4.39 Å². The molecule has 0 unspecified atom stereocenters. The first-order valence-corrected chi connectivity index (χ1v) is 13.4. The first-order valence-electron chi connectivity index (χ1n) is 13.4. The van der Waals surface area contributed by atoms with Crippen molar-refractivity contribution < 1.29 is 32.9 Å². The summed E-state index contributed by atoms with van der Waals surface area (Å²) in [5.41, 5.74) is 6.10. The summed E-state index contributed by atoms with van der Waals surface area (Å²) in [6.07, 6.45) is 2.92. The second-order valence-corrected chi connectivity index (χ2v) is 9.63. The summed E-state index contributed by atoms with van der Waals surface area (Å²) in [4.78, 5) is 28.7. The van der Waals surface area contributed by atoms with Gasteiger partial charge in [-0.2, -0.15) is 0 Å². The maximum atomic E-state index is 15.3. The normalized spacial score (nSPS) is 11.4. The fourth-order valence-corrected chi connectivity index (χ4v) is 4.80. The summed E-state index contributed by atoms with van der Waals surface area (Å²) in [5.74, 6) is -0.173. The molecule has 0 bridgehead atoms. The van der Waals surface area contributed by atoms with Gasteiger partial charge in [0.15, 0.2) is 12.6 Å². The van der Waals surface area contributed by atoms with E-state index in [0.29, 0.717) is 45.7 Å². The van der Waals surface area contributed by atoms with Crippen molar-refractivity contribution in [3.63, 3.8) is 0 Å². The Hall–Kier alpha value is -4.86. The number of methoxy groups -OCH3 is 4. The smallest absolute Gasteiger partial charge is 0.274 e. The van der Waals surface area contributed by atoms with Gasteiger partial charge in [0.05, 0.1) is 25.3 Å². The lowest BCUT2D eigenvalue weighted by molar-refractivity contribution is -0.107. The summed E-state index contributed by atoms with van der Waals surface area (Å²) < 4.78 is 36.6. The lowest BCUT2D eigenvalue weighted by Crippen LogP contribution is -2.16. The first-order chi connectivity index (χ1) is 20.8. The summed E-state index contributed by atoms with van der Waals surface area (Å²) >= 11 is 0. The van der Waals surface area contributed by atoms with E-state index in [2.05, 4.69) is 10.3 Å². The predicted octanol–water partition coefficient (Wildman–Crippen LogP) is 7.21. The van der Waals surface area contributed by atoms with Crippen molar-refractivity contribution in [2.45, 2.75) is 20.1 Å². The van der Waals surface area contributed by atoms with Crippen LogP contribution in [-0.4, -0.2) is 45.6 Å². The highest BCUT2D eigenvalue weighted by molar-refractivity contribution is 6.04. The Bertz CT molecular complexity index is 1680. The van der Waals surface area contributed by atoms with Gasteiger partial charge in [0, 0.05) is 37.7 Å². The highest BCUT2D eigenvalue weighted by atomic mass is 19.1. The molecule has 9 heteroatoms. The average molecular weight is 585 g/mol. The minimum atomic E-state index is -0.688. The van der Waals surface area contributed by atoms with Gasteiger partial charge in [0.2, 0.25) is 0 Å². The van der Waals surface area contributed by atoms with Gasteiger partial charge in [0.1, 0.15) is 23.0 Å². The molecular formula is C34H33FN2O6. The Labute approximate surface area is 250 Å². The van der Waals surface area contributed by atoms with Gasteiger partial charge in [-0.15, -0.1) is 0 Å². The molecule has 0 spiro atoms. The lowest BCUT2D eigenvalue weighted by atomic mass is 9.92. The van der Waals surface area contributed by atoms with E-state index in [9.17, 15) is 9.59 Å². The molecule has 3 aromatic carbocycles. The Morgan fingerprint density at radius 1 is 0.860 bits per heavy atom. The number of carbonyl (C=O) groups excluding carboxylic acids is 2. The highest BCUT2D eigenvalue weighted by Gasteiger charge is 2.20. The van der Waals surface area contributed by atoms with Crippen molar-refractivity contribution in [2.24, 2.45) is 0 Å². The first kappa shape index (κ1) is 31.1. The molecule has 1 amide bonds. The molecular weight excluding hydrogens is 551 g/mol. The third-order valence-electron chi connectivity index (χ3n) is 7.20. The average Bonchev–Trinajstić information content (AvgIpc) is 3.03.